The first-order valence-electron chi connectivity index (χ1n) is 5.01. The van der Waals surface area contributed by atoms with Crippen LogP contribution in [-0.4, -0.2) is 11.6 Å². The van der Waals surface area contributed by atoms with E-state index in [1.807, 2.05) is 0 Å². The second kappa shape index (κ2) is 9.78. The highest BCUT2D eigenvalue weighted by molar-refractivity contribution is 4.53. The van der Waals surface area contributed by atoms with Crippen molar-refractivity contribution in [2.24, 2.45) is 5.11 Å². The first-order valence-corrected chi connectivity index (χ1v) is 5.01. The van der Waals surface area contributed by atoms with Crippen molar-refractivity contribution < 1.29 is 9.86 Å². The van der Waals surface area contributed by atoms with Crippen molar-refractivity contribution >= 4 is 0 Å². The highest BCUT2D eigenvalue weighted by atomic mass is 16.9. The van der Waals surface area contributed by atoms with Crippen LogP contribution in [-0.2, 0) is 4.84 Å². The highest BCUT2D eigenvalue weighted by Crippen LogP contribution is 2.04. The van der Waals surface area contributed by atoms with Gasteiger partial charge in [-0.3, -0.25) is 0 Å². The molecule has 0 saturated carbocycles. The van der Waals surface area contributed by atoms with E-state index in [1.165, 1.54) is 31.9 Å². The van der Waals surface area contributed by atoms with E-state index in [0.29, 0.717) is 6.61 Å². The average molecular weight is 199 g/mol. The van der Waals surface area contributed by atoms with E-state index in [2.05, 4.69) is 16.9 Å². The zero-order valence-corrected chi connectivity index (χ0v) is 8.61. The summed E-state index contributed by atoms with van der Waals surface area (Å²) >= 11 is 0. The van der Waals surface area contributed by atoms with Crippen LogP contribution in [0.3, 0.4) is 0 Å². The molecule has 0 aromatic rings. The van der Waals surface area contributed by atoms with Gasteiger partial charge in [0.25, 0.3) is 6.19 Å². The van der Waals surface area contributed by atoms with Gasteiger partial charge in [-0.15, -0.1) is 0 Å². The molecule has 0 fully saturated rings. The molecular formula is C9H17N3O2. The summed E-state index contributed by atoms with van der Waals surface area (Å²) < 4.78 is 0. The quantitative estimate of drug-likeness (QED) is 0.261. The fourth-order valence-corrected chi connectivity index (χ4v) is 1.09. The van der Waals surface area contributed by atoms with E-state index in [4.69, 9.17) is 5.26 Å². The minimum atomic E-state index is -0.0357. The lowest BCUT2D eigenvalue weighted by atomic mass is 10.1. The van der Waals surface area contributed by atoms with Gasteiger partial charge in [-0.05, 0) is 6.42 Å². The van der Waals surface area contributed by atoms with Gasteiger partial charge in [-0.2, -0.15) is 5.26 Å². The molecule has 0 radical (unpaired) electrons. The van der Waals surface area contributed by atoms with Gasteiger partial charge in [0.2, 0.25) is 0 Å². The molecule has 5 nitrogen and oxygen atoms in total. The zero-order valence-electron chi connectivity index (χ0n) is 8.61. The SMILES string of the molecule is CCCCCCCCO[N+]([O-])=NC#N. The summed E-state index contributed by atoms with van der Waals surface area (Å²) in [7, 11) is 0. The van der Waals surface area contributed by atoms with Crippen molar-refractivity contribution in [1.29, 1.82) is 5.26 Å². The van der Waals surface area contributed by atoms with Gasteiger partial charge in [0, 0.05) is 0 Å². The van der Waals surface area contributed by atoms with Crippen LogP contribution in [0.4, 0.5) is 0 Å². The maximum atomic E-state index is 10.5. The van der Waals surface area contributed by atoms with Crippen LogP contribution in [0.15, 0.2) is 5.11 Å². The second-order valence-corrected chi connectivity index (χ2v) is 3.04. The summed E-state index contributed by atoms with van der Waals surface area (Å²) in [6.07, 6.45) is 8.14. The number of nitrogens with zero attached hydrogens (tertiary/aromatic N) is 3. The molecule has 0 atom stereocenters. The molecule has 0 aromatic carbocycles. The maximum Gasteiger partial charge on any atom is 0.279 e. The third-order valence-electron chi connectivity index (χ3n) is 1.83. The topological polar surface area (TPSA) is 71.4 Å². The summed E-state index contributed by atoms with van der Waals surface area (Å²) in [6, 6.07) is 0. The van der Waals surface area contributed by atoms with Gasteiger partial charge in [0.15, 0.2) is 5.02 Å². The molecule has 0 rings (SSSR count). The lowest BCUT2D eigenvalue weighted by Gasteiger charge is -2.02. The molecular weight excluding hydrogens is 182 g/mol. The standard InChI is InChI=1S/C9H17N3O2/c1-2-3-4-5-6-7-8-14-12(13)11-9-10/h2-8H2,1H3. The Balaban J connectivity index is 3.14. The van der Waals surface area contributed by atoms with Crippen LogP contribution in [0.1, 0.15) is 45.4 Å². The van der Waals surface area contributed by atoms with Crippen molar-refractivity contribution in [2.45, 2.75) is 45.4 Å². The van der Waals surface area contributed by atoms with Gasteiger partial charge in [-0.1, -0.05) is 39.0 Å². The number of nitriles is 1. The normalized spacial score (nSPS) is 11.0. The second-order valence-electron chi connectivity index (χ2n) is 3.04. The zero-order chi connectivity index (χ0) is 10.6. The number of hydrogen-bond acceptors (Lipinski definition) is 4. The number of unbranched alkanes of at least 4 members (excludes halogenated alkanes) is 5. The van der Waals surface area contributed by atoms with Gasteiger partial charge < -0.3 is 4.84 Å². The van der Waals surface area contributed by atoms with Crippen molar-refractivity contribution in [2.75, 3.05) is 6.61 Å². The molecule has 0 amide bonds. The highest BCUT2D eigenvalue weighted by Gasteiger charge is 1.93. The van der Waals surface area contributed by atoms with Gasteiger partial charge in [0.05, 0.1) is 6.61 Å². The Morgan fingerprint density at radius 1 is 1.29 bits per heavy atom. The smallest absolute Gasteiger partial charge is 0.279 e. The molecule has 0 aliphatic rings. The van der Waals surface area contributed by atoms with Crippen LogP contribution in [0.2, 0.25) is 0 Å². The van der Waals surface area contributed by atoms with E-state index in [9.17, 15) is 5.21 Å². The first kappa shape index (κ1) is 12.7. The first-order chi connectivity index (χ1) is 6.81. The minimum Gasteiger partial charge on any atom is -0.380 e. The number of hydrogen-bond donors (Lipinski definition) is 0. The van der Waals surface area contributed by atoms with Crippen molar-refractivity contribution in [3.8, 4) is 6.19 Å². The third kappa shape index (κ3) is 8.78. The molecule has 5 heteroatoms. The summed E-state index contributed by atoms with van der Waals surface area (Å²) in [5.74, 6) is 0. The van der Waals surface area contributed by atoms with E-state index < -0.39 is 0 Å². The molecule has 0 aliphatic heterocycles. The lowest BCUT2D eigenvalue weighted by molar-refractivity contribution is -0.787. The molecule has 0 bridgehead atoms. The Morgan fingerprint density at radius 3 is 2.57 bits per heavy atom. The van der Waals surface area contributed by atoms with E-state index in [-0.39, 0.29) is 5.02 Å². The fraction of sp³-hybridized carbons (Fsp3) is 0.889. The Bertz CT molecular complexity index is 199. The molecule has 0 heterocycles. The Labute approximate surface area is 84.5 Å². The van der Waals surface area contributed by atoms with E-state index in [1.54, 1.807) is 0 Å². The molecule has 14 heavy (non-hydrogen) atoms. The molecule has 80 valence electrons. The molecule has 0 N–H and O–H groups in total. The van der Waals surface area contributed by atoms with Crippen molar-refractivity contribution in [1.82, 2.24) is 0 Å². The minimum absolute atomic E-state index is 0.0357. The van der Waals surface area contributed by atoms with E-state index >= 15 is 0 Å². The van der Waals surface area contributed by atoms with Crippen LogP contribution in [0.25, 0.3) is 0 Å². The van der Waals surface area contributed by atoms with Crippen molar-refractivity contribution in [3.05, 3.63) is 5.21 Å². The average Bonchev–Trinajstić information content (AvgIpc) is 2.17. The van der Waals surface area contributed by atoms with Gasteiger partial charge in [0.1, 0.15) is 5.11 Å². The summed E-state index contributed by atoms with van der Waals surface area (Å²) in [5.41, 5.74) is 0. The largest absolute Gasteiger partial charge is 0.380 e. The maximum absolute atomic E-state index is 10.5. The molecule has 0 aliphatic carbocycles. The molecule has 0 aromatic heterocycles. The number of rotatable bonds is 8. The van der Waals surface area contributed by atoms with Gasteiger partial charge >= 0.3 is 0 Å². The molecule has 0 unspecified atom stereocenters. The fourth-order valence-electron chi connectivity index (χ4n) is 1.09. The van der Waals surface area contributed by atoms with Crippen LogP contribution in [0.5, 0.6) is 0 Å². The Morgan fingerprint density at radius 2 is 1.93 bits per heavy atom. The van der Waals surface area contributed by atoms with Gasteiger partial charge in [-0.25, -0.2) is 5.21 Å². The predicted octanol–water partition coefficient (Wildman–Crippen LogP) is 2.72. The monoisotopic (exact) mass is 199 g/mol. The predicted molar refractivity (Wildman–Crippen MR) is 51.0 cm³/mol. The Kier molecular flexibility index (Phi) is 8.86. The Hall–Kier alpha value is -1.31. The summed E-state index contributed by atoms with van der Waals surface area (Å²) in [5, 5.41) is 21.3. The van der Waals surface area contributed by atoms with Crippen LogP contribution < -0.4 is 0 Å². The molecule has 0 saturated heterocycles. The lowest BCUT2D eigenvalue weighted by Crippen LogP contribution is -2.03. The third-order valence-corrected chi connectivity index (χ3v) is 1.83. The molecule has 0 spiro atoms. The van der Waals surface area contributed by atoms with E-state index in [0.717, 1.165) is 12.8 Å². The summed E-state index contributed by atoms with van der Waals surface area (Å²) in [6.45, 7) is 2.50. The van der Waals surface area contributed by atoms with Crippen molar-refractivity contribution in [3.63, 3.8) is 0 Å². The van der Waals surface area contributed by atoms with Crippen LogP contribution in [0, 0.1) is 16.7 Å². The summed E-state index contributed by atoms with van der Waals surface area (Å²) in [4.78, 5) is 4.58. The van der Waals surface area contributed by atoms with Crippen LogP contribution >= 0.6 is 0 Å².